The molecule has 0 radical (unpaired) electrons. The topological polar surface area (TPSA) is 35.5 Å². The zero-order valence-electron chi connectivity index (χ0n) is 9.98. The number of halogens is 1. The molecule has 0 aliphatic rings. The number of hydrogen-bond acceptors (Lipinski definition) is 3. The number of para-hydroxylation sites is 2. The number of rotatable bonds is 5. The summed E-state index contributed by atoms with van der Waals surface area (Å²) in [4.78, 5) is 0. The second-order valence-corrected chi connectivity index (χ2v) is 5.37. The minimum atomic E-state index is -3.72. The molecule has 2 aromatic carbocycles. The van der Waals surface area contributed by atoms with Crippen molar-refractivity contribution in [1.82, 2.24) is 0 Å². The molecule has 3 nitrogen and oxygen atoms in total. The highest BCUT2D eigenvalue weighted by atomic mass is 31.2. The second-order valence-electron chi connectivity index (χ2n) is 3.62. The summed E-state index contributed by atoms with van der Waals surface area (Å²) in [6, 6.07) is 17.0. The van der Waals surface area contributed by atoms with E-state index in [1.54, 1.807) is 60.7 Å². The highest BCUT2D eigenvalue weighted by Gasteiger charge is 2.24. The quantitative estimate of drug-likeness (QED) is 0.738. The van der Waals surface area contributed by atoms with E-state index in [1.807, 2.05) is 0 Å². The first-order valence-electron chi connectivity index (χ1n) is 5.59. The summed E-state index contributed by atoms with van der Waals surface area (Å²) in [5.41, 5.74) is 0. The van der Waals surface area contributed by atoms with Crippen molar-refractivity contribution in [3.63, 3.8) is 0 Å². The molecule has 0 aromatic heterocycles. The lowest BCUT2D eigenvalue weighted by Crippen LogP contribution is -1.98. The first-order valence-corrected chi connectivity index (χ1v) is 7.20. The molecule has 0 heterocycles. The van der Waals surface area contributed by atoms with E-state index in [0.717, 1.165) is 5.82 Å². The third-order valence-electron chi connectivity index (χ3n) is 2.19. The zero-order chi connectivity index (χ0) is 13.6. The van der Waals surface area contributed by atoms with Gasteiger partial charge in [-0.25, -0.2) is 8.96 Å². The molecule has 0 aliphatic heterocycles. The standard InChI is InChI=1S/C14H12FO3P/c15-11-12-19(16,17-13-7-3-1-4-8-13)18-14-9-5-2-6-10-14/h1-12H. The van der Waals surface area contributed by atoms with Gasteiger partial charge in [-0.15, -0.1) is 0 Å². The average Bonchev–Trinajstić information content (AvgIpc) is 2.41. The van der Waals surface area contributed by atoms with Crippen LogP contribution in [-0.2, 0) is 4.57 Å². The van der Waals surface area contributed by atoms with E-state index in [1.165, 1.54) is 0 Å². The normalized spacial score (nSPS) is 11.4. The van der Waals surface area contributed by atoms with Crippen LogP contribution in [0.3, 0.4) is 0 Å². The highest BCUT2D eigenvalue weighted by molar-refractivity contribution is 7.58. The van der Waals surface area contributed by atoms with Crippen LogP contribution in [0.4, 0.5) is 4.39 Å². The van der Waals surface area contributed by atoms with E-state index in [9.17, 15) is 8.96 Å². The third kappa shape index (κ3) is 3.97. The Balaban J connectivity index is 2.21. The van der Waals surface area contributed by atoms with Gasteiger partial charge in [0.25, 0.3) is 0 Å². The number of benzene rings is 2. The second kappa shape index (κ2) is 6.21. The van der Waals surface area contributed by atoms with Gasteiger partial charge < -0.3 is 9.05 Å². The summed E-state index contributed by atoms with van der Waals surface area (Å²) < 4.78 is 35.3. The maximum Gasteiger partial charge on any atom is 0.457 e. The van der Waals surface area contributed by atoms with Crippen LogP contribution >= 0.6 is 7.60 Å². The third-order valence-corrected chi connectivity index (χ3v) is 3.60. The minimum absolute atomic E-state index is 0.159. The molecular weight excluding hydrogens is 266 g/mol. The van der Waals surface area contributed by atoms with Crippen molar-refractivity contribution in [2.45, 2.75) is 0 Å². The summed E-state index contributed by atoms with van der Waals surface area (Å²) in [7, 11) is -3.72. The fourth-order valence-electron chi connectivity index (χ4n) is 1.41. The summed E-state index contributed by atoms with van der Waals surface area (Å²) >= 11 is 0. The predicted molar refractivity (Wildman–Crippen MR) is 72.0 cm³/mol. The average molecular weight is 278 g/mol. The van der Waals surface area contributed by atoms with Crippen LogP contribution in [0.25, 0.3) is 0 Å². The minimum Gasteiger partial charge on any atom is -0.413 e. The zero-order valence-corrected chi connectivity index (χ0v) is 10.9. The van der Waals surface area contributed by atoms with Crippen LogP contribution < -0.4 is 9.05 Å². The van der Waals surface area contributed by atoms with Gasteiger partial charge in [0, 0.05) is 0 Å². The van der Waals surface area contributed by atoms with Gasteiger partial charge in [0.05, 0.1) is 12.1 Å². The summed E-state index contributed by atoms with van der Waals surface area (Å²) in [5, 5.41) is 0. The molecule has 5 heteroatoms. The Labute approximate surface area is 110 Å². The highest BCUT2D eigenvalue weighted by Crippen LogP contribution is 2.49. The van der Waals surface area contributed by atoms with Gasteiger partial charge in [0.2, 0.25) is 0 Å². The monoisotopic (exact) mass is 278 g/mol. The number of hydrogen-bond donors (Lipinski definition) is 0. The Morgan fingerprint density at radius 2 is 1.26 bits per heavy atom. The molecule has 0 amide bonds. The predicted octanol–water partition coefficient (Wildman–Crippen LogP) is 4.78. The fourth-order valence-corrected chi connectivity index (χ4v) is 2.53. The molecule has 0 bridgehead atoms. The first kappa shape index (κ1) is 13.4. The Morgan fingerprint density at radius 3 is 1.63 bits per heavy atom. The van der Waals surface area contributed by atoms with E-state index in [4.69, 9.17) is 9.05 Å². The van der Waals surface area contributed by atoms with Crippen LogP contribution in [0, 0.1) is 0 Å². The Kier molecular flexibility index (Phi) is 4.37. The smallest absolute Gasteiger partial charge is 0.413 e. The van der Waals surface area contributed by atoms with E-state index >= 15 is 0 Å². The van der Waals surface area contributed by atoms with Gasteiger partial charge in [-0.3, -0.25) is 0 Å². The van der Waals surface area contributed by atoms with Gasteiger partial charge in [-0.05, 0) is 24.3 Å². The van der Waals surface area contributed by atoms with Crippen LogP contribution in [0.1, 0.15) is 0 Å². The van der Waals surface area contributed by atoms with Crippen LogP contribution in [-0.4, -0.2) is 0 Å². The fraction of sp³-hybridized carbons (Fsp3) is 0. The van der Waals surface area contributed by atoms with Crippen molar-refractivity contribution in [3.05, 3.63) is 72.8 Å². The Bertz CT molecular complexity index is 539. The molecule has 2 rings (SSSR count). The molecular formula is C14H12FO3P. The Hall–Kier alpha value is -2.06. The van der Waals surface area contributed by atoms with Crippen LogP contribution in [0.15, 0.2) is 72.8 Å². The van der Waals surface area contributed by atoms with Crippen molar-refractivity contribution in [2.75, 3.05) is 0 Å². The summed E-state index contributed by atoms with van der Waals surface area (Å²) in [5.74, 6) is 1.48. The lowest BCUT2D eigenvalue weighted by Gasteiger charge is -2.16. The first-order chi connectivity index (χ1) is 9.22. The summed E-state index contributed by atoms with van der Waals surface area (Å²) in [6.45, 7) is 0. The molecule has 0 atom stereocenters. The van der Waals surface area contributed by atoms with Gasteiger partial charge in [0.1, 0.15) is 11.5 Å². The molecule has 0 saturated heterocycles. The van der Waals surface area contributed by atoms with Crippen LogP contribution in [0.5, 0.6) is 11.5 Å². The molecule has 0 unspecified atom stereocenters. The van der Waals surface area contributed by atoms with E-state index in [-0.39, 0.29) is 6.33 Å². The maximum absolute atomic E-state index is 12.4. The van der Waals surface area contributed by atoms with Gasteiger partial charge in [-0.1, -0.05) is 36.4 Å². The lowest BCUT2D eigenvalue weighted by molar-refractivity contribution is 0.397. The molecule has 0 aliphatic carbocycles. The molecule has 2 aromatic rings. The van der Waals surface area contributed by atoms with E-state index < -0.39 is 7.60 Å². The van der Waals surface area contributed by atoms with Gasteiger partial charge in [0.15, 0.2) is 0 Å². The van der Waals surface area contributed by atoms with E-state index in [0.29, 0.717) is 11.5 Å². The molecule has 98 valence electrons. The van der Waals surface area contributed by atoms with Crippen molar-refractivity contribution in [1.29, 1.82) is 0 Å². The largest absolute Gasteiger partial charge is 0.457 e. The SMILES string of the molecule is O=P(C=CF)(Oc1ccccc1)Oc1ccccc1. The van der Waals surface area contributed by atoms with Crippen molar-refractivity contribution >= 4 is 7.60 Å². The van der Waals surface area contributed by atoms with Gasteiger partial charge in [-0.2, -0.15) is 0 Å². The maximum atomic E-state index is 12.4. The van der Waals surface area contributed by atoms with Crippen molar-refractivity contribution < 1.29 is 18.0 Å². The molecule has 0 spiro atoms. The molecule has 0 saturated carbocycles. The molecule has 19 heavy (non-hydrogen) atoms. The summed E-state index contributed by atoms with van der Waals surface area (Å²) in [6.07, 6.45) is 0.159. The van der Waals surface area contributed by atoms with E-state index in [2.05, 4.69) is 0 Å². The lowest BCUT2D eigenvalue weighted by atomic mass is 10.3. The van der Waals surface area contributed by atoms with Crippen molar-refractivity contribution in [2.24, 2.45) is 0 Å². The van der Waals surface area contributed by atoms with Gasteiger partial charge >= 0.3 is 7.60 Å². The Morgan fingerprint density at radius 1 is 0.842 bits per heavy atom. The molecule has 0 fully saturated rings. The van der Waals surface area contributed by atoms with Crippen LogP contribution in [0.2, 0.25) is 0 Å². The van der Waals surface area contributed by atoms with Crippen molar-refractivity contribution in [3.8, 4) is 11.5 Å². The molecule has 0 N–H and O–H groups in total.